The van der Waals surface area contributed by atoms with Gasteiger partial charge in [0, 0.05) is 31.7 Å². The number of thiazole rings is 1. The van der Waals surface area contributed by atoms with Gasteiger partial charge < -0.3 is 4.74 Å². The molecule has 1 aliphatic heterocycles. The van der Waals surface area contributed by atoms with Crippen LogP contribution in [-0.2, 0) is 24.3 Å². The van der Waals surface area contributed by atoms with Gasteiger partial charge in [0.15, 0.2) is 5.13 Å². The van der Waals surface area contributed by atoms with E-state index < -0.39 is 27.1 Å². The van der Waals surface area contributed by atoms with E-state index >= 15 is 0 Å². The summed E-state index contributed by atoms with van der Waals surface area (Å²) in [4.78, 5) is 30.0. The fourth-order valence-electron chi connectivity index (χ4n) is 3.30. The van der Waals surface area contributed by atoms with Crippen LogP contribution >= 0.6 is 11.3 Å². The van der Waals surface area contributed by atoms with E-state index in [4.69, 9.17) is 4.74 Å². The molecule has 0 spiro atoms. The van der Waals surface area contributed by atoms with Crippen molar-refractivity contribution in [2.24, 2.45) is 5.92 Å². The summed E-state index contributed by atoms with van der Waals surface area (Å²) in [5, 5.41) is 1.69. The summed E-state index contributed by atoms with van der Waals surface area (Å²) >= 11 is 1.31. The second-order valence-electron chi connectivity index (χ2n) is 6.37. The first-order valence-electron chi connectivity index (χ1n) is 8.19. The number of anilines is 1. The molecule has 138 valence electrons. The van der Waals surface area contributed by atoms with Crippen LogP contribution < -0.4 is 9.62 Å². The lowest BCUT2D eigenvalue weighted by atomic mass is 9.97. The Kier molecular flexibility index (Phi) is 5.40. The Bertz CT molecular complexity index is 726. The van der Waals surface area contributed by atoms with E-state index in [1.165, 1.54) is 16.2 Å². The standard InChI is InChI=1S/C15H21N3O5S2/c1-23-11-2-4-12(5-3-11)25(21,22)17-14(20)10-8-13(19)18(9-10)15-16-6-7-24-15/h6-7,10-12H,2-5,8-9H2,1H3,(H,17,20). The molecule has 10 heteroatoms. The quantitative estimate of drug-likeness (QED) is 0.805. The number of sulfonamides is 1. The molecule has 1 aliphatic carbocycles. The van der Waals surface area contributed by atoms with Crippen molar-refractivity contribution in [3.63, 3.8) is 0 Å². The van der Waals surface area contributed by atoms with Gasteiger partial charge in [-0.3, -0.25) is 19.2 Å². The lowest BCUT2D eigenvalue weighted by Crippen LogP contribution is -2.43. The van der Waals surface area contributed by atoms with E-state index in [9.17, 15) is 18.0 Å². The van der Waals surface area contributed by atoms with Gasteiger partial charge in [-0.2, -0.15) is 0 Å². The van der Waals surface area contributed by atoms with Crippen LogP contribution in [-0.4, -0.2) is 50.2 Å². The molecule has 2 amide bonds. The van der Waals surface area contributed by atoms with Gasteiger partial charge >= 0.3 is 0 Å². The summed E-state index contributed by atoms with van der Waals surface area (Å²) < 4.78 is 32.3. The van der Waals surface area contributed by atoms with Crippen molar-refractivity contribution < 1.29 is 22.7 Å². The van der Waals surface area contributed by atoms with Gasteiger partial charge in [-0.1, -0.05) is 0 Å². The Morgan fingerprint density at radius 1 is 1.36 bits per heavy atom. The van der Waals surface area contributed by atoms with Crippen molar-refractivity contribution in [2.45, 2.75) is 43.5 Å². The number of methoxy groups -OCH3 is 1. The zero-order valence-corrected chi connectivity index (χ0v) is 15.5. The first-order chi connectivity index (χ1) is 11.9. The van der Waals surface area contributed by atoms with Gasteiger partial charge in [0.2, 0.25) is 21.8 Å². The van der Waals surface area contributed by atoms with Crippen LogP contribution in [0.1, 0.15) is 32.1 Å². The van der Waals surface area contributed by atoms with Gasteiger partial charge in [0.1, 0.15) is 0 Å². The summed E-state index contributed by atoms with van der Waals surface area (Å²) in [6.07, 6.45) is 3.93. The average molecular weight is 387 g/mol. The van der Waals surface area contributed by atoms with E-state index in [1.807, 2.05) is 0 Å². The normalized spacial score (nSPS) is 27.5. The van der Waals surface area contributed by atoms with Gasteiger partial charge in [0.25, 0.3) is 0 Å². The zero-order chi connectivity index (χ0) is 18.0. The van der Waals surface area contributed by atoms with Crippen LogP contribution in [0.25, 0.3) is 0 Å². The number of hydrogen-bond acceptors (Lipinski definition) is 7. The fraction of sp³-hybridized carbons (Fsp3) is 0.667. The number of nitrogens with zero attached hydrogens (tertiary/aromatic N) is 2. The van der Waals surface area contributed by atoms with Crippen LogP contribution in [0.3, 0.4) is 0 Å². The SMILES string of the molecule is COC1CCC(S(=O)(=O)NC(=O)C2CC(=O)N(c3nccs3)C2)CC1. The van der Waals surface area contributed by atoms with Gasteiger partial charge in [-0.15, -0.1) is 11.3 Å². The van der Waals surface area contributed by atoms with Crippen molar-refractivity contribution in [1.82, 2.24) is 9.71 Å². The van der Waals surface area contributed by atoms with E-state index in [0.717, 1.165) is 0 Å². The van der Waals surface area contributed by atoms with E-state index in [2.05, 4.69) is 9.71 Å². The van der Waals surface area contributed by atoms with Crippen LogP contribution in [0, 0.1) is 5.92 Å². The van der Waals surface area contributed by atoms with Crippen molar-refractivity contribution >= 4 is 38.3 Å². The largest absolute Gasteiger partial charge is 0.381 e. The molecule has 2 fully saturated rings. The van der Waals surface area contributed by atoms with Crippen LogP contribution in [0.4, 0.5) is 5.13 Å². The first-order valence-corrected chi connectivity index (χ1v) is 10.6. The Labute approximate surface area is 150 Å². The summed E-state index contributed by atoms with van der Waals surface area (Å²) in [6, 6.07) is 0. The molecule has 0 bridgehead atoms. The molecule has 1 aromatic heterocycles. The predicted molar refractivity (Wildman–Crippen MR) is 92.7 cm³/mol. The highest BCUT2D eigenvalue weighted by Crippen LogP contribution is 2.28. The molecule has 1 atom stereocenters. The summed E-state index contributed by atoms with van der Waals surface area (Å²) in [5.74, 6) is -1.50. The molecular weight excluding hydrogens is 366 g/mol. The molecule has 2 heterocycles. The van der Waals surface area contributed by atoms with E-state index in [1.54, 1.807) is 18.7 Å². The summed E-state index contributed by atoms with van der Waals surface area (Å²) in [5.41, 5.74) is 0. The number of ether oxygens (including phenoxy) is 1. The number of amides is 2. The van der Waals surface area contributed by atoms with Crippen molar-refractivity contribution in [1.29, 1.82) is 0 Å². The number of hydrogen-bond donors (Lipinski definition) is 1. The fourth-order valence-corrected chi connectivity index (χ4v) is 5.48. The second kappa shape index (κ2) is 7.38. The van der Waals surface area contributed by atoms with E-state index in [0.29, 0.717) is 30.8 Å². The molecule has 1 unspecified atom stereocenters. The maximum atomic E-state index is 12.5. The number of carbonyl (C=O) groups is 2. The Hall–Kier alpha value is -1.52. The second-order valence-corrected chi connectivity index (χ2v) is 9.20. The highest BCUT2D eigenvalue weighted by Gasteiger charge is 2.39. The number of carbonyl (C=O) groups excluding carboxylic acids is 2. The van der Waals surface area contributed by atoms with Crippen LogP contribution in [0.5, 0.6) is 0 Å². The monoisotopic (exact) mass is 387 g/mol. The summed E-state index contributed by atoms with van der Waals surface area (Å²) in [6.45, 7) is 0.157. The molecule has 0 aromatic carbocycles. The maximum Gasteiger partial charge on any atom is 0.238 e. The lowest BCUT2D eigenvalue weighted by Gasteiger charge is -2.27. The molecule has 2 aliphatic rings. The zero-order valence-electron chi connectivity index (χ0n) is 13.9. The predicted octanol–water partition coefficient (Wildman–Crippen LogP) is 0.900. The highest BCUT2D eigenvalue weighted by molar-refractivity contribution is 7.90. The molecule has 1 aromatic rings. The van der Waals surface area contributed by atoms with Crippen molar-refractivity contribution in [3.8, 4) is 0 Å². The third kappa shape index (κ3) is 4.01. The Balaban J connectivity index is 1.59. The lowest BCUT2D eigenvalue weighted by molar-refractivity contribution is -0.124. The minimum Gasteiger partial charge on any atom is -0.381 e. The molecule has 0 radical (unpaired) electrons. The minimum absolute atomic E-state index is 0.00263. The van der Waals surface area contributed by atoms with Gasteiger partial charge in [-0.25, -0.2) is 13.4 Å². The Morgan fingerprint density at radius 3 is 2.68 bits per heavy atom. The first kappa shape index (κ1) is 18.3. The molecule has 1 N–H and O–H groups in total. The van der Waals surface area contributed by atoms with Crippen molar-refractivity contribution in [3.05, 3.63) is 11.6 Å². The molecule has 8 nitrogen and oxygen atoms in total. The van der Waals surface area contributed by atoms with Crippen LogP contribution in [0.15, 0.2) is 11.6 Å². The topological polar surface area (TPSA) is 106 Å². The van der Waals surface area contributed by atoms with Crippen molar-refractivity contribution in [2.75, 3.05) is 18.6 Å². The number of rotatable bonds is 5. The molecule has 25 heavy (non-hydrogen) atoms. The number of nitrogens with one attached hydrogen (secondary N) is 1. The molecule has 1 saturated carbocycles. The molecular formula is C15H21N3O5S2. The van der Waals surface area contributed by atoms with E-state index in [-0.39, 0.29) is 25.0 Å². The summed E-state index contributed by atoms with van der Waals surface area (Å²) in [7, 11) is -2.12. The third-order valence-electron chi connectivity index (χ3n) is 4.78. The Morgan fingerprint density at radius 2 is 2.08 bits per heavy atom. The average Bonchev–Trinajstić information content (AvgIpc) is 3.23. The smallest absolute Gasteiger partial charge is 0.238 e. The third-order valence-corrected chi connectivity index (χ3v) is 7.41. The minimum atomic E-state index is -3.74. The van der Waals surface area contributed by atoms with Gasteiger partial charge in [-0.05, 0) is 25.7 Å². The maximum absolute atomic E-state index is 12.5. The van der Waals surface area contributed by atoms with Crippen LogP contribution in [0.2, 0.25) is 0 Å². The van der Waals surface area contributed by atoms with Gasteiger partial charge in [0.05, 0.1) is 17.3 Å². The highest BCUT2D eigenvalue weighted by atomic mass is 32.2. The molecule has 1 saturated heterocycles. The number of aromatic nitrogens is 1. The molecule has 3 rings (SSSR count).